The van der Waals surface area contributed by atoms with Gasteiger partial charge in [0, 0.05) is 12.6 Å². The largest absolute Gasteiger partial charge is 0.478 e. The summed E-state index contributed by atoms with van der Waals surface area (Å²) in [4.78, 5) is 45.9. The van der Waals surface area contributed by atoms with Gasteiger partial charge in [0.15, 0.2) is 0 Å². The Bertz CT molecular complexity index is 757. The summed E-state index contributed by atoms with van der Waals surface area (Å²) in [5.74, 6) is -2.55. The van der Waals surface area contributed by atoms with Gasteiger partial charge in [-0.3, -0.25) is 9.59 Å². The summed E-state index contributed by atoms with van der Waals surface area (Å²) >= 11 is 0. The summed E-state index contributed by atoms with van der Waals surface area (Å²) in [7, 11) is 0. The van der Waals surface area contributed by atoms with Crippen LogP contribution in [0.4, 0.5) is 11.4 Å². The Morgan fingerprint density at radius 3 is 2.40 bits per heavy atom. The fourth-order valence-electron chi connectivity index (χ4n) is 1.70. The number of rotatable bonds is 7. The molecule has 25 heavy (non-hydrogen) atoms. The topological polar surface area (TPSA) is 122 Å². The molecule has 1 unspecified atom stereocenters. The number of aliphatic carboxylic acids is 1. The normalized spacial score (nSPS) is 12.0. The van der Waals surface area contributed by atoms with Crippen LogP contribution in [0.5, 0.6) is 0 Å². The zero-order chi connectivity index (χ0) is 19.0. The summed E-state index contributed by atoms with van der Waals surface area (Å²) in [5, 5.41) is 13.9. The first kappa shape index (κ1) is 19.9. The minimum atomic E-state index is -1.33. The smallest absolute Gasteiger partial charge is 0.355 e. The van der Waals surface area contributed by atoms with Crippen LogP contribution in [0.25, 0.3) is 0 Å². The van der Waals surface area contributed by atoms with Gasteiger partial charge in [0.25, 0.3) is 0 Å². The lowest BCUT2D eigenvalue weighted by Crippen LogP contribution is -2.20. The molecule has 1 amide bonds. The molecule has 1 atom stereocenters. The van der Waals surface area contributed by atoms with Crippen LogP contribution in [0, 0.1) is 0 Å². The van der Waals surface area contributed by atoms with Gasteiger partial charge in [-0.1, -0.05) is 6.92 Å². The predicted molar refractivity (Wildman–Crippen MR) is 92.2 cm³/mol. The number of esters is 1. The standard InChI is InChI=1S/C17H20N2O6/c1-4-10(2)25-17(24)14(9-16(22)23)19-12-5-7-13(18-11(3)20)15(21)8-6-12/h5-10,19H,4H2,1-3H3,(H,22,23)(H,18,20,21). The average Bonchev–Trinajstić information content (AvgIpc) is 2.69. The number of carbonyl (C=O) groups is 3. The molecule has 8 heteroatoms. The van der Waals surface area contributed by atoms with Crippen molar-refractivity contribution in [2.75, 3.05) is 10.6 Å². The lowest BCUT2D eigenvalue weighted by atomic mass is 10.3. The van der Waals surface area contributed by atoms with Crippen molar-refractivity contribution in [1.29, 1.82) is 0 Å². The van der Waals surface area contributed by atoms with Crippen LogP contribution >= 0.6 is 0 Å². The number of carbonyl (C=O) groups excluding carboxylic acids is 2. The maximum Gasteiger partial charge on any atom is 0.355 e. The van der Waals surface area contributed by atoms with Gasteiger partial charge in [-0.15, -0.1) is 0 Å². The lowest BCUT2D eigenvalue weighted by molar-refractivity contribution is -0.144. The summed E-state index contributed by atoms with van der Waals surface area (Å²) in [5.41, 5.74) is -0.379. The molecule has 0 heterocycles. The number of nitrogens with one attached hydrogen (secondary N) is 2. The van der Waals surface area contributed by atoms with E-state index in [9.17, 15) is 19.2 Å². The van der Waals surface area contributed by atoms with E-state index in [2.05, 4.69) is 10.6 Å². The molecule has 0 fully saturated rings. The Labute approximate surface area is 144 Å². The molecule has 0 spiro atoms. The van der Waals surface area contributed by atoms with Crippen LogP contribution < -0.4 is 16.1 Å². The average molecular weight is 348 g/mol. The lowest BCUT2D eigenvalue weighted by Gasteiger charge is -2.13. The van der Waals surface area contributed by atoms with Gasteiger partial charge >= 0.3 is 11.9 Å². The highest BCUT2D eigenvalue weighted by Crippen LogP contribution is 2.12. The van der Waals surface area contributed by atoms with Crippen LogP contribution in [-0.4, -0.2) is 29.1 Å². The minimum absolute atomic E-state index is 0.0616. The van der Waals surface area contributed by atoms with Gasteiger partial charge in [-0.25, -0.2) is 9.59 Å². The van der Waals surface area contributed by atoms with Gasteiger partial charge in [-0.05, 0) is 37.6 Å². The Kier molecular flexibility index (Phi) is 7.33. The minimum Gasteiger partial charge on any atom is -0.478 e. The van der Waals surface area contributed by atoms with E-state index in [1.54, 1.807) is 6.92 Å². The second-order valence-electron chi connectivity index (χ2n) is 5.23. The summed E-state index contributed by atoms with van der Waals surface area (Å²) in [6.45, 7) is 4.77. The van der Waals surface area contributed by atoms with E-state index >= 15 is 0 Å². The van der Waals surface area contributed by atoms with Crippen LogP contribution in [0.1, 0.15) is 27.2 Å². The number of ether oxygens (including phenoxy) is 1. The van der Waals surface area contributed by atoms with Crippen LogP contribution in [0.15, 0.2) is 40.8 Å². The first-order chi connectivity index (χ1) is 11.7. The fraction of sp³-hybridized carbons (Fsp3) is 0.294. The van der Waals surface area contributed by atoms with E-state index in [1.807, 2.05) is 6.92 Å². The quantitative estimate of drug-likeness (QED) is 0.506. The molecular weight excluding hydrogens is 328 g/mol. The van der Waals surface area contributed by atoms with E-state index in [0.29, 0.717) is 12.5 Å². The van der Waals surface area contributed by atoms with Crippen molar-refractivity contribution in [3.05, 3.63) is 46.3 Å². The zero-order valence-electron chi connectivity index (χ0n) is 14.2. The van der Waals surface area contributed by atoms with Gasteiger partial charge in [0.1, 0.15) is 5.70 Å². The molecule has 0 aliphatic heterocycles. The number of hydrogen-bond donors (Lipinski definition) is 3. The molecular formula is C17H20N2O6. The molecule has 1 aromatic carbocycles. The predicted octanol–water partition coefficient (Wildman–Crippen LogP) is 1.73. The molecule has 1 aromatic rings. The molecule has 3 N–H and O–H groups in total. The maximum atomic E-state index is 12.1. The third kappa shape index (κ3) is 6.86. The molecule has 0 radical (unpaired) electrons. The van der Waals surface area contributed by atoms with Gasteiger partial charge in [0.2, 0.25) is 11.3 Å². The van der Waals surface area contributed by atoms with Crippen molar-refractivity contribution < 1.29 is 24.2 Å². The third-order valence-electron chi connectivity index (χ3n) is 3.07. The van der Waals surface area contributed by atoms with Crippen LogP contribution in [0.2, 0.25) is 0 Å². The highest BCUT2D eigenvalue weighted by molar-refractivity contribution is 5.98. The van der Waals surface area contributed by atoms with E-state index < -0.39 is 23.3 Å². The molecule has 1 rings (SSSR count). The van der Waals surface area contributed by atoms with Crippen molar-refractivity contribution in [3.63, 3.8) is 0 Å². The van der Waals surface area contributed by atoms with Gasteiger partial charge < -0.3 is 20.5 Å². The maximum absolute atomic E-state index is 12.1. The third-order valence-corrected chi connectivity index (χ3v) is 3.07. The molecule has 0 aliphatic carbocycles. The highest BCUT2D eigenvalue weighted by Gasteiger charge is 2.16. The second-order valence-corrected chi connectivity index (χ2v) is 5.23. The highest BCUT2D eigenvalue weighted by atomic mass is 16.5. The Morgan fingerprint density at radius 1 is 1.20 bits per heavy atom. The summed E-state index contributed by atoms with van der Waals surface area (Å²) in [6, 6.07) is 5.33. The fourth-order valence-corrected chi connectivity index (χ4v) is 1.70. The molecule has 8 nitrogen and oxygen atoms in total. The van der Waals surface area contributed by atoms with Gasteiger partial charge in [0.05, 0.1) is 17.9 Å². The first-order valence-electron chi connectivity index (χ1n) is 7.57. The first-order valence-corrected chi connectivity index (χ1v) is 7.57. The number of hydrogen-bond acceptors (Lipinski definition) is 6. The number of carboxylic acid groups (broad SMARTS) is 1. The number of anilines is 2. The van der Waals surface area contributed by atoms with Crippen LogP contribution in [0.3, 0.4) is 0 Å². The summed E-state index contributed by atoms with van der Waals surface area (Å²) in [6.07, 6.45) is 0.884. The van der Waals surface area contributed by atoms with Crippen molar-refractivity contribution in [2.24, 2.45) is 0 Å². The Hall–Kier alpha value is -3.16. The number of amides is 1. The van der Waals surface area contributed by atoms with E-state index in [1.165, 1.54) is 31.2 Å². The summed E-state index contributed by atoms with van der Waals surface area (Å²) < 4.78 is 5.11. The number of carboxylic acids is 1. The van der Waals surface area contributed by atoms with Crippen LogP contribution in [-0.2, 0) is 19.1 Å². The van der Waals surface area contributed by atoms with E-state index in [4.69, 9.17) is 9.84 Å². The van der Waals surface area contributed by atoms with Gasteiger partial charge in [-0.2, -0.15) is 0 Å². The molecule has 134 valence electrons. The Morgan fingerprint density at radius 2 is 1.84 bits per heavy atom. The SMILES string of the molecule is CCC(C)OC(=O)C(=CC(=O)O)Nc1ccc(NC(C)=O)c(=O)cc1. The molecule has 0 saturated carbocycles. The molecule has 0 saturated heterocycles. The second kappa shape index (κ2) is 9.21. The molecule has 0 aliphatic rings. The Balaban J connectivity index is 3.11. The molecule has 0 aromatic heterocycles. The van der Waals surface area contributed by atoms with E-state index in [-0.39, 0.29) is 23.2 Å². The molecule has 0 bridgehead atoms. The van der Waals surface area contributed by atoms with E-state index in [0.717, 1.165) is 0 Å². The zero-order valence-corrected chi connectivity index (χ0v) is 14.2. The van der Waals surface area contributed by atoms with Crippen molar-refractivity contribution in [2.45, 2.75) is 33.3 Å². The van der Waals surface area contributed by atoms with Crippen molar-refractivity contribution in [3.8, 4) is 0 Å². The van der Waals surface area contributed by atoms with Crippen molar-refractivity contribution in [1.82, 2.24) is 0 Å². The van der Waals surface area contributed by atoms with Crippen molar-refractivity contribution >= 4 is 29.2 Å². The monoisotopic (exact) mass is 348 g/mol.